The molecule has 1 aromatic carbocycles. The average molecular weight is 195 g/mol. The van der Waals surface area contributed by atoms with E-state index in [9.17, 15) is 9.90 Å². The first-order valence-corrected chi connectivity index (χ1v) is 4.32. The number of carbonyl (C=O) groups excluding carboxylic acids is 1. The Hall–Kier alpha value is -1.55. The molecule has 0 aliphatic heterocycles. The Kier molecular flexibility index (Phi) is 3.94. The van der Waals surface area contributed by atoms with Crippen LogP contribution in [-0.4, -0.2) is 23.7 Å². The van der Waals surface area contributed by atoms with Gasteiger partial charge in [-0.3, -0.25) is 4.79 Å². The summed E-state index contributed by atoms with van der Waals surface area (Å²) in [5.41, 5.74) is 4.91. The minimum atomic E-state index is -0.840. The maximum absolute atomic E-state index is 10.4. The van der Waals surface area contributed by atoms with Gasteiger partial charge in [0, 0.05) is 0 Å². The van der Waals surface area contributed by atoms with E-state index in [-0.39, 0.29) is 13.0 Å². The molecule has 1 aromatic rings. The number of para-hydroxylation sites is 1. The third-order valence-electron chi connectivity index (χ3n) is 1.62. The first-order valence-electron chi connectivity index (χ1n) is 4.32. The zero-order chi connectivity index (χ0) is 10.4. The maximum atomic E-state index is 10.4. The van der Waals surface area contributed by atoms with E-state index in [0.717, 1.165) is 0 Å². The third-order valence-corrected chi connectivity index (χ3v) is 1.62. The van der Waals surface area contributed by atoms with Crippen molar-refractivity contribution in [3.63, 3.8) is 0 Å². The number of nitrogens with two attached hydrogens (primary N) is 1. The van der Waals surface area contributed by atoms with Crippen LogP contribution in [0.5, 0.6) is 5.75 Å². The molecule has 1 amide bonds. The van der Waals surface area contributed by atoms with Crippen molar-refractivity contribution in [3.8, 4) is 5.75 Å². The molecular weight excluding hydrogens is 182 g/mol. The number of aliphatic hydroxyl groups excluding tert-OH is 1. The van der Waals surface area contributed by atoms with Crippen molar-refractivity contribution in [2.24, 2.45) is 5.73 Å². The van der Waals surface area contributed by atoms with Crippen LogP contribution < -0.4 is 10.5 Å². The van der Waals surface area contributed by atoms with Crippen LogP contribution in [0.25, 0.3) is 0 Å². The van der Waals surface area contributed by atoms with E-state index in [1.807, 2.05) is 18.2 Å². The molecule has 0 unspecified atom stereocenters. The molecule has 0 spiro atoms. The fraction of sp³-hybridized carbons (Fsp3) is 0.300. The van der Waals surface area contributed by atoms with Gasteiger partial charge in [0.25, 0.3) is 0 Å². The molecule has 3 N–H and O–H groups in total. The Labute approximate surface area is 82.3 Å². The molecule has 4 nitrogen and oxygen atoms in total. The first kappa shape index (κ1) is 10.5. The average Bonchev–Trinajstić information content (AvgIpc) is 2.15. The van der Waals surface area contributed by atoms with Gasteiger partial charge in [-0.25, -0.2) is 0 Å². The van der Waals surface area contributed by atoms with Gasteiger partial charge in [0.1, 0.15) is 12.4 Å². The number of aliphatic hydroxyl groups is 1. The summed E-state index contributed by atoms with van der Waals surface area (Å²) in [6.07, 6.45) is -0.917. The number of hydrogen-bond acceptors (Lipinski definition) is 3. The molecule has 0 saturated carbocycles. The topological polar surface area (TPSA) is 72.6 Å². The zero-order valence-corrected chi connectivity index (χ0v) is 7.72. The highest BCUT2D eigenvalue weighted by atomic mass is 16.5. The number of primary amides is 1. The molecule has 0 saturated heterocycles. The van der Waals surface area contributed by atoms with Crippen LogP contribution in [0.4, 0.5) is 0 Å². The summed E-state index contributed by atoms with van der Waals surface area (Å²) in [6.45, 7) is 0.0763. The predicted octanol–water partition coefficient (Wildman–Crippen LogP) is 0.302. The molecule has 1 atom stereocenters. The number of benzene rings is 1. The second-order valence-electron chi connectivity index (χ2n) is 2.95. The monoisotopic (exact) mass is 195 g/mol. The Morgan fingerprint density at radius 1 is 1.43 bits per heavy atom. The first-order chi connectivity index (χ1) is 6.68. The predicted molar refractivity (Wildman–Crippen MR) is 51.8 cm³/mol. The van der Waals surface area contributed by atoms with Crippen LogP contribution in [0.1, 0.15) is 6.42 Å². The zero-order valence-electron chi connectivity index (χ0n) is 7.72. The highest BCUT2D eigenvalue weighted by Gasteiger charge is 2.08. The van der Waals surface area contributed by atoms with Crippen molar-refractivity contribution < 1.29 is 14.6 Å². The Balaban J connectivity index is 2.30. The Morgan fingerprint density at radius 2 is 2.07 bits per heavy atom. The van der Waals surface area contributed by atoms with Gasteiger partial charge in [0.15, 0.2) is 0 Å². The van der Waals surface area contributed by atoms with E-state index in [2.05, 4.69) is 0 Å². The largest absolute Gasteiger partial charge is 0.491 e. The summed E-state index contributed by atoms with van der Waals surface area (Å²) >= 11 is 0. The molecule has 0 aromatic heterocycles. The van der Waals surface area contributed by atoms with Gasteiger partial charge in [0.05, 0.1) is 12.5 Å². The number of rotatable bonds is 5. The van der Waals surface area contributed by atoms with Gasteiger partial charge in [-0.15, -0.1) is 0 Å². The number of hydrogen-bond donors (Lipinski definition) is 2. The number of amides is 1. The van der Waals surface area contributed by atoms with Crippen molar-refractivity contribution in [3.05, 3.63) is 30.3 Å². The van der Waals surface area contributed by atoms with Gasteiger partial charge >= 0.3 is 0 Å². The molecular formula is C10H13NO3. The lowest BCUT2D eigenvalue weighted by Gasteiger charge is -2.10. The fourth-order valence-electron chi connectivity index (χ4n) is 1.00. The fourth-order valence-corrected chi connectivity index (χ4v) is 1.00. The quantitative estimate of drug-likeness (QED) is 0.709. The van der Waals surface area contributed by atoms with Gasteiger partial charge in [-0.05, 0) is 12.1 Å². The van der Waals surface area contributed by atoms with Crippen LogP contribution in [0.15, 0.2) is 30.3 Å². The van der Waals surface area contributed by atoms with E-state index in [0.29, 0.717) is 5.75 Å². The van der Waals surface area contributed by atoms with E-state index in [1.165, 1.54) is 0 Å². The lowest BCUT2D eigenvalue weighted by Crippen LogP contribution is -2.25. The van der Waals surface area contributed by atoms with Crippen LogP contribution >= 0.6 is 0 Å². The second-order valence-corrected chi connectivity index (χ2v) is 2.95. The summed E-state index contributed by atoms with van der Waals surface area (Å²) in [7, 11) is 0. The minimum Gasteiger partial charge on any atom is -0.491 e. The molecule has 14 heavy (non-hydrogen) atoms. The lowest BCUT2D eigenvalue weighted by atomic mass is 10.2. The SMILES string of the molecule is NC(=O)C[C@@H](O)COc1ccccc1. The van der Waals surface area contributed by atoms with E-state index >= 15 is 0 Å². The van der Waals surface area contributed by atoms with Crippen molar-refractivity contribution in [1.29, 1.82) is 0 Å². The van der Waals surface area contributed by atoms with Crippen molar-refractivity contribution in [2.75, 3.05) is 6.61 Å². The maximum Gasteiger partial charge on any atom is 0.220 e. The van der Waals surface area contributed by atoms with Gasteiger partial charge in [-0.2, -0.15) is 0 Å². The summed E-state index contributed by atoms with van der Waals surface area (Å²) < 4.78 is 5.21. The molecule has 0 fully saturated rings. The minimum absolute atomic E-state index is 0.0763. The van der Waals surface area contributed by atoms with E-state index in [1.54, 1.807) is 12.1 Å². The third kappa shape index (κ3) is 3.91. The molecule has 4 heteroatoms. The smallest absolute Gasteiger partial charge is 0.220 e. The summed E-state index contributed by atoms with van der Waals surface area (Å²) in [4.78, 5) is 10.4. The lowest BCUT2D eigenvalue weighted by molar-refractivity contribution is -0.120. The van der Waals surface area contributed by atoms with Crippen LogP contribution in [0.2, 0.25) is 0 Å². The van der Waals surface area contributed by atoms with Gasteiger partial charge in [-0.1, -0.05) is 18.2 Å². The highest BCUT2D eigenvalue weighted by Crippen LogP contribution is 2.08. The van der Waals surface area contributed by atoms with Gasteiger partial charge < -0.3 is 15.6 Å². The Bertz CT molecular complexity index is 287. The Morgan fingerprint density at radius 3 is 2.64 bits per heavy atom. The number of carbonyl (C=O) groups is 1. The normalized spacial score (nSPS) is 12.1. The molecule has 0 radical (unpaired) electrons. The summed E-state index contributed by atoms with van der Waals surface area (Å²) in [5.74, 6) is 0.130. The van der Waals surface area contributed by atoms with Gasteiger partial charge in [0.2, 0.25) is 5.91 Å². The molecule has 0 bridgehead atoms. The van der Waals surface area contributed by atoms with Crippen LogP contribution in [0, 0.1) is 0 Å². The second kappa shape index (κ2) is 5.24. The molecule has 0 aliphatic rings. The molecule has 0 aliphatic carbocycles. The molecule has 1 rings (SSSR count). The summed E-state index contributed by atoms with van der Waals surface area (Å²) in [5, 5.41) is 9.26. The number of ether oxygens (including phenoxy) is 1. The van der Waals surface area contributed by atoms with E-state index < -0.39 is 12.0 Å². The van der Waals surface area contributed by atoms with E-state index in [4.69, 9.17) is 10.5 Å². The standard InChI is InChI=1S/C10H13NO3/c11-10(13)6-8(12)7-14-9-4-2-1-3-5-9/h1-5,8,12H,6-7H2,(H2,11,13)/t8-/m1/s1. The van der Waals surface area contributed by atoms with Crippen molar-refractivity contribution in [2.45, 2.75) is 12.5 Å². The molecule has 76 valence electrons. The molecule has 0 heterocycles. The van der Waals surface area contributed by atoms with Crippen molar-refractivity contribution >= 4 is 5.91 Å². The van der Waals surface area contributed by atoms with Crippen molar-refractivity contribution in [1.82, 2.24) is 0 Å². The summed E-state index contributed by atoms with van der Waals surface area (Å²) in [6, 6.07) is 9.08. The highest BCUT2D eigenvalue weighted by molar-refractivity contribution is 5.74. The van der Waals surface area contributed by atoms with Crippen LogP contribution in [0.3, 0.4) is 0 Å². The van der Waals surface area contributed by atoms with Crippen LogP contribution in [-0.2, 0) is 4.79 Å².